The van der Waals surface area contributed by atoms with Gasteiger partial charge in [-0.05, 0) is 30.3 Å². The summed E-state index contributed by atoms with van der Waals surface area (Å²) in [4.78, 5) is 4.32. The largest absolute Gasteiger partial charge is 0.504 e. The van der Waals surface area contributed by atoms with Crippen LogP contribution in [0.3, 0.4) is 0 Å². The molecule has 106 valence electrons. The van der Waals surface area contributed by atoms with E-state index in [2.05, 4.69) is 10.1 Å². The van der Waals surface area contributed by atoms with Gasteiger partial charge in [-0.2, -0.15) is 4.98 Å². The van der Waals surface area contributed by atoms with E-state index in [4.69, 9.17) is 20.9 Å². The number of benzene rings is 2. The first-order chi connectivity index (χ1) is 10.2. The lowest BCUT2D eigenvalue weighted by Crippen LogP contribution is -1.86. The monoisotopic (exact) mass is 302 g/mol. The number of phenols is 1. The standard InChI is InChI=1S/C15H11ClN2O3/c1-20-13-8-9(6-7-12(13)19)15-17-14(18-21-15)10-4-2-3-5-11(10)16/h2-8,19H,1H3. The average Bonchev–Trinajstić information content (AvgIpc) is 2.98. The van der Waals surface area contributed by atoms with Gasteiger partial charge < -0.3 is 14.4 Å². The first-order valence-electron chi connectivity index (χ1n) is 6.15. The Balaban J connectivity index is 2.01. The number of rotatable bonds is 3. The van der Waals surface area contributed by atoms with Crippen molar-refractivity contribution in [1.29, 1.82) is 0 Å². The highest BCUT2D eigenvalue weighted by Gasteiger charge is 2.14. The van der Waals surface area contributed by atoms with Crippen LogP contribution in [0.15, 0.2) is 47.0 Å². The van der Waals surface area contributed by atoms with E-state index in [1.165, 1.54) is 13.2 Å². The van der Waals surface area contributed by atoms with Crippen LogP contribution in [0.25, 0.3) is 22.8 Å². The van der Waals surface area contributed by atoms with Crippen LogP contribution >= 0.6 is 11.6 Å². The summed E-state index contributed by atoms with van der Waals surface area (Å²) in [6, 6.07) is 12.1. The second-order valence-corrected chi connectivity index (χ2v) is 4.70. The van der Waals surface area contributed by atoms with Crippen LogP contribution in [0.4, 0.5) is 0 Å². The minimum atomic E-state index is 0.0482. The molecule has 0 aliphatic heterocycles. The summed E-state index contributed by atoms with van der Waals surface area (Å²) in [7, 11) is 1.47. The van der Waals surface area contributed by atoms with Crippen molar-refractivity contribution in [3.63, 3.8) is 0 Å². The molecule has 0 aliphatic carbocycles. The molecule has 0 saturated carbocycles. The van der Waals surface area contributed by atoms with Gasteiger partial charge in [0.15, 0.2) is 11.5 Å². The first-order valence-corrected chi connectivity index (χ1v) is 6.53. The van der Waals surface area contributed by atoms with Crippen molar-refractivity contribution >= 4 is 11.6 Å². The molecule has 0 saturated heterocycles. The quantitative estimate of drug-likeness (QED) is 0.797. The number of methoxy groups -OCH3 is 1. The molecule has 1 aromatic heterocycles. The number of ether oxygens (including phenoxy) is 1. The van der Waals surface area contributed by atoms with Crippen molar-refractivity contribution in [3.8, 4) is 34.3 Å². The average molecular weight is 303 g/mol. The molecule has 3 aromatic rings. The van der Waals surface area contributed by atoms with Gasteiger partial charge in [-0.1, -0.05) is 28.9 Å². The molecule has 0 bridgehead atoms. The van der Waals surface area contributed by atoms with Gasteiger partial charge in [-0.15, -0.1) is 0 Å². The second-order valence-electron chi connectivity index (χ2n) is 4.29. The maximum Gasteiger partial charge on any atom is 0.258 e. The Hall–Kier alpha value is -2.53. The smallest absolute Gasteiger partial charge is 0.258 e. The molecule has 3 rings (SSSR count). The fraction of sp³-hybridized carbons (Fsp3) is 0.0667. The van der Waals surface area contributed by atoms with Crippen LogP contribution in [0, 0.1) is 0 Å². The van der Waals surface area contributed by atoms with E-state index in [1.807, 2.05) is 18.2 Å². The maximum absolute atomic E-state index is 9.59. The third-order valence-electron chi connectivity index (χ3n) is 2.97. The van der Waals surface area contributed by atoms with E-state index in [1.54, 1.807) is 18.2 Å². The summed E-state index contributed by atoms with van der Waals surface area (Å²) < 4.78 is 10.3. The van der Waals surface area contributed by atoms with Gasteiger partial charge in [0.1, 0.15) is 0 Å². The maximum atomic E-state index is 9.59. The fourth-order valence-corrected chi connectivity index (χ4v) is 2.12. The molecule has 21 heavy (non-hydrogen) atoms. The van der Waals surface area contributed by atoms with E-state index in [9.17, 15) is 5.11 Å². The predicted molar refractivity (Wildman–Crippen MR) is 78.4 cm³/mol. The highest BCUT2D eigenvalue weighted by molar-refractivity contribution is 6.33. The van der Waals surface area contributed by atoms with Crippen molar-refractivity contribution in [3.05, 3.63) is 47.5 Å². The second kappa shape index (κ2) is 5.46. The Bertz CT molecular complexity index is 786. The Kier molecular flexibility index (Phi) is 3.50. The summed E-state index contributed by atoms with van der Waals surface area (Å²) in [6.07, 6.45) is 0. The molecule has 1 N–H and O–H groups in total. The lowest BCUT2D eigenvalue weighted by atomic mass is 10.2. The van der Waals surface area contributed by atoms with Gasteiger partial charge in [0, 0.05) is 11.1 Å². The fourth-order valence-electron chi connectivity index (χ4n) is 1.90. The predicted octanol–water partition coefficient (Wildman–Crippen LogP) is 3.77. The SMILES string of the molecule is COc1cc(-c2nc(-c3ccccc3Cl)no2)ccc1O. The van der Waals surface area contributed by atoms with Crippen LogP contribution in [-0.2, 0) is 0 Å². The molecule has 0 amide bonds. The number of nitrogens with zero attached hydrogens (tertiary/aromatic N) is 2. The zero-order valence-electron chi connectivity index (χ0n) is 11.1. The molecule has 0 atom stereocenters. The molecule has 0 radical (unpaired) electrons. The van der Waals surface area contributed by atoms with Crippen LogP contribution in [0.5, 0.6) is 11.5 Å². The van der Waals surface area contributed by atoms with Gasteiger partial charge in [0.2, 0.25) is 5.82 Å². The number of hydrogen-bond donors (Lipinski definition) is 1. The zero-order chi connectivity index (χ0) is 14.8. The van der Waals surface area contributed by atoms with Crippen LogP contribution in [0.2, 0.25) is 5.02 Å². The van der Waals surface area contributed by atoms with Gasteiger partial charge in [0.05, 0.1) is 12.1 Å². The molecule has 0 unspecified atom stereocenters. The van der Waals surface area contributed by atoms with Crippen molar-refractivity contribution < 1.29 is 14.4 Å². The number of halogens is 1. The van der Waals surface area contributed by atoms with Crippen molar-refractivity contribution in [2.45, 2.75) is 0 Å². The molecule has 0 fully saturated rings. The van der Waals surface area contributed by atoms with Gasteiger partial charge in [0.25, 0.3) is 5.89 Å². The van der Waals surface area contributed by atoms with E-state index in [-0.39, 0.29) is 5.75 Å². The van der Waals surface area contributed by atoms with Gasteiger partial charge in [-0.25, -0.2) is 0 Å². The first kappa shape index (κ1) is 13.5. The molecule has 0 spiro atoms. The Labute approximate surface area is 125 Å². The summed E-state index contributed by atoms with van der Waals surface area (Å²) >= 11 is 6.11. The third-order valence-corrected chi connectivity index (χ3v) is 3.30. The van der Waals surface area contributed by atoms with Gasteiger partial charge in [-0.3, -0.25) is 0 Å². The summed E-state index contributed by atoms with van der Waals surface area (Å²) in [6.45, 7) is 0. The van der Waals surface area contributed by atoms with Crippen LogP contribution in [-0.4, -0.2) is 22.4 Å². The van der Waals surface area contributed by atoms with Gasteiger partial charge >= 0.3 is 0 Å². The van der Waals surface area contributed by atoms with E-state index in [0.29, 0.717) is 33.6 Å². The summed E-state index contributed by atoms with van der Waals surface area (Å²) in [5.74, 6) is 1.11. The lowest BCUT2D eigenvalue weighted by molar-refractivity contribution is 0.373. The van der Waals surface area contributed by atoms with E-state index >= 15 is 0 Å². The molecule has 1 heterocycles. The minimum Gasteiger partial charge on any atom is -0.504 e. The molecule has 0 aliphatic rings. The zero-order valence-corrected chi connectivity index (χ0v) is 11.8. The number of phenolic OH excluding ortho intramolecular Hbond substituents is 1. The van der Waals surface area contributed by atoms with Crippen LogP contribution < -0.4 is 4.74 Å². The van der Waals surface area contributed by atoms with Crippen molar-refractivity contribution in [1.82, 2.24) is 10.1 Å². The van der Waals surface area contributed by atoms with Crippen molar-refractivity contribution in [2.24, 2.45) is 0 Å². The minimum absolute atomic E-state index is 0.0482. The number of aromatic hydroxyl groups is 1. The Morgan fingerprint density at radius 1 is 1.19 bits per heavy atom. The summed E-state index contributed by atoms with van der Waals surface area (Å²) in [5.41, 5.74) is 1.34. The molecular weight excluding hydrogens is 292 g/mol. The molecule has 5 nitrogen and oxygen atoms in total. The highest BCUT2D eigenvalue weighted by atomic mass is 35.5. The molecular formula is C15H11ClN2O3. The van der Waals surface area contributed by atoms with Crippen LogP contribution in [0.1, 0.15) is 0 Å². The number of aromatic nitrogens is 2. The highest BCUT2D eigenvalue weighted by Crippen LogP contribution is 2.32. The van der Waals surface area contributed by atoms with E-state index < -0.39 is 0 Å². The van der Waals surface area contributed by atoms with E-state index in [0.717, 1.165) is 0 Å². The molecule has 6 heteroatoms. The third kappa shape index (κ3) is 2.55. The lowest BCUT2D eigenvalue weighted by Gasteiger charge is -2.03. The topological polar surface area (TPSA) is 68.4 Å². The normalized spacial score (nSPS) is 10.6. The Morgan fingerprint density at radius 3 is 2.76 bits per heavy atom. The summed E-state index contributed by atoms with van der Waals surface area (Å²) in [5, 5.41) is 14.1. The Morgan fingerprint density at radius 2 is 2.00 bits per heavy atom. The van der Waals surface area contributed by atoms with Crippen molar-refractivity contribution in [2.75, 3.05) is 7.11 Å². The molecule has 2 aromatic carbocycles. The number of hydrogen-bond acceptors (Lipinski definition) is 5.